The summed E-state index contributed by atoms with van der Waals surface area (Å²) in [5.41, 5.74) is 4.37. The van der Waals surface area contributed by atoms with Gasteiger partial charge in [0.15, 0.2) is 0 Å². The first-order chi connectivity index (χ1) is 7.84. The normalized spacial score (nSPS) is 21.6. The number of fused-ring (bicyclic) bond motifs is 1. The van der Waals surface area contributed by atoms with Gasteiger partial charge in [0.2, 0.25) is 0 Å². The van der Waals surface area contributed by atoms with Crippen LogP contribution in [-0.2, 0) is 28.0 Å². The van der Waals surface area contributed by atoms with Crippen molar-refractivity contribution >= 4 is 0 Å². The first-order valence-corrected chi connectivity index (χ1v) is 5.86. The molecule has 0 bridgehead atoms. The summed E-state index contributed by atoms with van der Waals surface area (Å²) in [5.74, 6) is 5.21. The number of benzene rings is 1. The molecule has 3 nitrogen and oxygen atoms in total. The minimum Gasteiger partial charge on any atom is -0.376 e. The molecule has 1 fully saturated rings. The van der Waals surface area contributed by atoms with E-state index in [4.69, 9.17) is 15.5 Å². The lowest BCUT2D eigenvalue weighted by molar-refractivity contribution is 0.109. The summed E-state index contributed by atoms with van der Waals surface area (Å²) in [6.07, 6.45) is 3.42. The van der Waals surface area contributed by atoms with Crippen molar-refractivity contribution in [2.75, 3.05) is 13.2 Å². The minimum absolute atomic E-state index is 0.210. The first-order valence-electron chi connectivity index (χ1n) is 5.86. The average Bonchev–Trinajstić information content (AvgIpc) is 3.10. The van der Waals surface area contributed by atoms with Crippen molar-refractivity contribution in [2.45, 2.75) is 31.3 Å². The summed E-state index contributed by atoms with van der Waals surface area (Å²) in [6.45, 7) is 2.25. The van der Waals surface area contributed by atoms with Gasteiger partial charge in [-0.2, -0.15) is 0 Å². The average molecular weight is 219 g/mol. The van der Waals surface area contributed by atoms with Crippen molar-refractivity contribution in [2.24, 2.45) is 5.90 Å². The van der Waals surface area contributed by atoms with E-state index in [-0.39, 0.29) is 5.41 Å². The fraction of sp³-hybridized carbons (Fsp3) is 0.538. The lowest BCUT2D eigenvalue weighted by Crippen LogP contribution is -2.19. The van der Waals surface area contributed by atoms with Crippen LogP contribution in [0, 0.1) is 0 Å². The third-order valence-electron chi connectivity index (χ3n) is 3.81. The molecule has 3 heteroatoms. The molecule has 1 aromatic carbocycles. The number of hydrogen-bond acceptors (Lipinski definition) is 3. The molecule has 2 aliphatic rings. The van der Waals surface area contributed by atoms with Gasteiger partial charge in [0.1, 0.15) is 0 Å². The summed E-state index contributed by atoms with van der Waals surface area (Å²) in [5, 5.41) is 0. The van der Waals surface area contributed by atoms with Crippen LogP contribution in [0.5, 0.6) is 0 Å². The van der Waals surface area contributed by atoms with Crippen molar-refractivity contribution in [1.82, 2.24) is 0 Å². The van der Waals surface area contributed by atoms with Gasteiger partial charge in [0.25, 0.3) is 0 Å². The van der Waals surface area contributed by atoms with Crippen LogP contribution in [-0.4, -0.2) is 13.2 Å². The number of ether oxygens (including phenoxy) is 1. The lowest BCUT2D eigenvalue weighted by Gasteiger charge is -2.20. The Morgan fingerprint density at radius 3 is 2.94 bits per heavy atom. The molecule has 0 aromatic heterocycles. The van der Waals surface area contributed by atoms with Gasteiger partial charge in [0.05, 0.1) is 19.8 Å². The zero-order chi connectivity index (χ0) is 11.0. The fourth-order valence-corrected chi connectivity index (χ4v) is 2.52. The van der Waals surface area contributed by atoms with Crippen molar-refractivity contribution in [3.63, 3.8) is 0 Å². The molecule has 1 aromatic rings. The van der Waals surface area contributed by atoms with Gasteiger partial charge < -0.3 is 9.57 Å². The molecule has 1 aliphatic heterocycles. The van der Waals surface area contributed by atoms with E-state index in [0.29, 0.717) is 6.61 Å². The van der Waals surface area contributed by atoms with Crippen LogP contribution >= 0.6 is 0 Å². The number of rotatable bonds is 3. The van der Waals surface area contributed by atoms with Gasteiger partial charge in [-0.15, -0.1) is 0 Å². The maximum Gasteiger partial charge on any atom is 0.0775 e. The Kier molecular flexibility index (Phi) is 2.46. The Hall–Kier alpha value is -0.900. The Labute approximate surface area is 95.5 Å². The van der Waals surface area contributed by atoms with E-state index in [0.717, 1.165) is 19.6 Å². The van der Waals surface area contributed by atoms with E-state index in [9.17, 15) is 0 Å². The molecule has 0 saturated heterocycles. The molecule has 0 atom stereocenters. The third-order valence-corrected chi connectivity index (χ3v) is 3.81. The van der Waals surface area contributed by atoms with Crippen LogP contribution in [0.15, 0.2) is 18.2 Å². The molecule has 0 amide bonds. The van der Waals surface area contributed by atoms with Crippen LogP contribution in [0.3, 0.4) is 0 Å². The van der Waals surface area contributed by atoms with Crippen LogP contribution in [0.4, 0.5) is 0 Å². The summed E-state index contributed by atoms with van der Waals surface area (Å²) < 4.78 is 5.44. The predicted molar refractivity (Wildman–Crippen MR) is 60.9 cm³/mol. The molecular weight excluding hydrogens is 202 g/mol. The number of hydrogen-bond donors (Lipinski definition) is 1. The summed E-state index contributed by atoms with van der Waals surface area (Å²) in [7, 11) is 0. The van der Waals surface area contributed by atoms with Crippen LogP contribution in [0.1, 0.15) is 29.5 Å². The fourth-order valence-electron chi connectivity index (χ4n) is 2.52. The Morgan fingerprint density at radius 2 is 2.19 bits per heavy atom. The monoisotopic (exact) mass is 219 g/mol. The standard InChI is InChI=1S/C13H17NO2/c14-16-9-13(4-5-13)12-2-1-11-8-15-6-3-10(11)7-12/h1-2,7H,3-6,8-9,14H2. The van der Waals surface area contributed by atoms with Gasteiger partial charge in [0, 0.05) is 5.41 Å². The molecule has 3 rings (SSSR count). The molecular formula is C13H17NO2. The van der Waals surface area contributed by atoms with E-state index in [1.165, 1.54) is 29.5 Å². The Bertz CT molecular complexity index is 399. The molecule has 1 saturated carbocycles. The molecule has 0 radical (unpaired) electrons. The molecule has 0 spiro atoms. The Morgan fingerprint density at radius 1 is 1.31 bits per heavy atom. The molecule has 2 N–H and O–H groups in total. The highest BCUT2D eigenvalue weighted by molar-refractivity contribution is 5.39. The molecule has 1 aliphatic carbocycles. The quantitative estimate of drug-likeness (QED) is 0.787. The molecule has 0 unspecified atom stereocenters. The highest BCUT2D eigenvalue weighted by Gasteiger charge is 2.44. The first kappa shape index (κ1) is 10.3. The van der Waals surface area contributed by atoms with E-state index in [1.54, 1.807) is 0 Å². The van der Waals surface area contributed by atoms with Crippen LogP contribution in [0.25, 0.3) is 0 Å². The topological polar surface area (TPSA) is 44.5 Å². The molecule has 86 valence electrons. The summed E-state index contributed by atoms with van der Waals surface area (Å²) >= 11 is 0. The van der Waals surface area contributed by atoms with Crippen molar-refractivity contribution in [3.05, 3.63) is 34.9 Å². The van der Waals surface area contributed by atoms with Crippen molar-refractivity contribution < 1.29 is 9.57 Å². The summed E-state index contributed by atoms with van der Waals surface area (Å²) in [6, 6.07) is 6.73. The SMILES string of the molecule is NOCC1(c2ccc3c(c2)CCOC3)CC1. The second-order valence-corrected chi connectivity index (χ2v) is 4.88. The van der Waals surface area contributed by atoms with E-state index in [2.05, 4.69) is 18.2 Å². The predicted octanol–water partition coefficient (Wildman–Crippen LogP) is 1.68. The maximum atomic E-state index is 5.44. The van der Waals surface area contributed by atoms with E-state index < -0.39 is 0 Å². The van der Waals surface area contributed by atoms with Crippen molar-refractivity contribution in [1.29, 1.82) is 0 Å². The van der Waals surface area contributed by atoms with Gasteiger partial charge >= 0.3 is 0 Å². The number of nitrogens with two attached hydrogens (primary N) is 1. The van der Waals surface area contributed by atoms with Gasteiger partial charge in [-0.25, -0.2) is 5.90 Å². The largest absolute Gasteiger partial charge is 0.376 e. The molecule has 16 heavy (non-hydrogen) atoms. The van der Waals surface area contributed by atoms with E-state index in [1.807, 2.05) is 0 Å². The minimum atomic E-state index is 0.210. The molecule has 1 heterocycles. The van der Waals surface area contributed by atoms with E-state index >= 15 is 0 Å². The van der Waals surface area contributed by atoms with Gasteiger partial charge in [-0.3, -0.25) is 0 Å². The lowest BCUT2D eigenvalue weighted by atomic mass is 9.91. The zero-order valence-electron chi connectivity index (χ0n) is 9.37. The van der Waals surface area contributed by atoms with Crippen LogP contribution in [0.2, 0.25) is 0 Å². The smallest absolute Gasteiger partial charge is 0.0775 e. The highest BCUT2D eigenvalue weighted by Crippen LogP contribution is 2.48. The second-order valence-electron chi connectivity index (χ2n) is 4.88. The maximum absolute atomic E-state index is 5.44. The van der Waals surface area contributed by atoms with Crippen LogP contribution < -0.4 is 5.90 Å². The van der Waals surface area contributed by atoms with Gasteiger partial charge in [-0.1, -0.05) is 18.2 Å². The third kappa shape index (κ3) is 1.65. The summed E-state index contributed by atoms with van der Waals surface area (Å²) in [4.78, 5) is 4.84. The highest BCUT2D eigenvalue weighted by atomic mass is 16.6. The van der Waals surface area contributed by atoms with Gasteiger partial charge in [-0.05, 0) is 36.0 Å². The second kappa shape index (κ2) is 3.84. The Balaban J connectivity index is 1.91. The zero-order valence-corrected chi connectivity index (χ0v) is 9.37. The van der Waals surface area contributed by atoms with Crippen molar-refractivity contribution in [3.8, 4) is 0 Å².